The number of methoxy groups -OCH3 is 1. The van der Waals surface area contributed by atoms with Gasteiger partial charge in [0.25, 0.3) is 0 Å². The molecule has 8 heteroatoms. The van der Waals surface area contributed by atoms with Crippen molar-refractivity contribution in [3.05, 3.63) is 29.6 Å². The number of hydrogen-bond acceptors (Lipinski definition) is 4. The molecule has 1 spiro atoms. The van der Waals surface area contributed by atoms with E-state index in [1.165, 1.54) is 13.2 Å². The molecule has 3 heterocycles. The minimum Gasteiger partial charge on any atom is -0.453 e. The van der Waals surface area contributed by atoms with Crippen molar-refractivity contribution in [2.45, 2.75) is 24.7 Å². The molecule has 1 aromatic rings. The van der Waals surface area contributed by atoms with Gasteiger partial charge in [-0.2, -0.15) is 0 Å². The quantitative estimate of drug-likeness (QED) is 0.741. The van der Waals surface area contributed by atoms with Crippen LogP contribution in [0, 0.1) is 11.7 Å². The maximum atomic E-state index is 14.1. The second-order valence-electron chi connectivity index (χ2n) is 9.08. The molecule has 0 unspecified atom stereocenters. The van der Waals surface area contributed by atoms with Gasteiger partial charge >= 0.3 is 12.1 Å². The van der Waals surface area contributed by atoms with Crippen molar-refractivity contribution in [1.29, 1.82) is 0 Å². The Bertz CT molecular complexity index is 823. The highest BCUT2D eigenvalue weighted by molar-refractivity contribution is 5.95. The van der Waals surface area contributed by atoms with E-state index in [0.717, 1.165) is 63.2 Å². The van der Waals surface area contributed by atoms with Crippen molar-refractivity contribution < 1.29 is 18.7 Å². The smallest absolute Gasteiger partial charge is 0.409 e. The number of nitrogens with zero attached hydrogens (tertiary/aromatic N) is 4. The summed E-state index contributed by atoms with van der Waals surface area (Å²) in [6, 6.07) is 4.75. The van der Waals surface area contributed by atoms with Gasteiger partial charge in [0.15, 0.2) is 0 Å². The minimum absolute atomic E-state index is 0.0592. The second-order valence-corrected chi connectivity index (χ2v) is 9.08. The molecule has 2 saturated heterocycles. The van der Waals surface area contributed by atoms with E-state index >= 15 is 0 Å². The van der Waals surface area contributed by atoms with Gasteiger partial charge in [-0.1, -0.05) is 0 Å². The van der Waals surface area contributed by atoms with Crippen molar-refractivity contribution >= 4 is 17.8 Å². The normalized spacial score (nSPS) is 23.0. The molecule has 4 rings (SSSR count). The van der Waals surface area contributed by atoms with E-state index in [1.54, 1.807) is 40.9 Å². The standard InChI is InChI=1S/C22H31FN4O3/c1-24(2)20(28)27-15-22(18-12-17(23)4-5-19(18)27)7-10-25(11-8-22)13-16-6-9-26(14-16)21(29)30-3/h4-5,12,16H,6-11,13-15H2,1-3H3/t16-/m0/s1. The average Bonchev–Trinajstić information content (AvgIpc) is 3.32. The van der Waals surface area contributed by atoms with Crippen LogP contribution in [0.2, 0.25) is 0 Å². The highest BCUT2D eigenvalue weighted by Gasteiger charge is 2.47. The molecular weight excluding hydrogens is 387 g/mol. The number of hydrogen-bond donors (Lipinski definition) is 0. The summed E-state index contributed by atoms with van der Waals surface area (Å²) in [7, 11) is 4.92. The zero-order chi connectivity index (χ0) is 21.5. The lowest BCUT2D eigenvalue weighted by molar-refractivity contribution is 0.125. The second kappa shape index (κ2) is 8.06. The molecule has 3 amide bonds. The number of urea groups is 1. The first-order chi connectivity index (χ1) is 14.3. The third kappa shape index (κ3) is 3.73. The molecule has 1 atom stereocenters. The molecule has 3 aliphatic rings. The third-order valence-electron chi connectivity index (χ3n) is 6.94. The number of ether oxygens (including phenoxy) is 1. The lowest BCUT2D eigenvalue weighted by Crippen LogP contribution is -2.48. The van der Waals surface area contributed by atoms with Crippen molar-refractivity contribution in [2.75, 3.05) is 65.4 Å². The monoisotopic (exact) mass is 418 g/mol. The van der Waals surface area contributed by atoms with E-state index in [2.05, 4.69) is 4.90 Å². The first-order valence-electron chi connectivity index (χ1n) is 10.7. The van der Waals surface area contributed by atoms with Gasteiger partial charge in [-0.3, -0.25) is 4.90 Å². The lowest BCUT2D eigenvalue weighted by atomic mass is 9.74. The van der Waals surface area contributed by atoms with Crippen molar-refractivity contribution in [2.24, 2.45) is 5.92 Å². The van der Waals surface area contributed by atoms with Crippen LogP contribution in [-0.2, 0) is 10.2 Å². The summed E-state index contributed by atoms with van der Waals surface area (Å²) in [6.45, 7) is 4.89. The first kappa shape index (κ1) is 20.9. The highest BCUT2D eigenvalue weighted by Crippen LogP contribution is 2.47. The fourth-order valence-electron chi connectivity index (χ4n) is 5.29. The molecular formula is C22H31FN4O3. The maximum Gasteiger partial charge on any atom is 0.409 e. The highest BCUT2D eigenvalue weighted by atomic mass is 19.1. The molecule has 0 N–H and O–H groups in total. The number of fused-ring (bicyclic) bond motifs is 2. The number of carbonyl (C=O) groups is 2. The summed E-state index contributed by atoms with van der Waals surface area (Å²) in [4.78, 5) is 32.1. The van der Waals surface area contributed by atoms with Gasteiger partial charge in [0.05, 0.1) is 7.11 Å². The fraction of sp³-hybridized carbons (Fsp3) is 0.636. The summed E-state index contributed by atoms with van der Waals surface area (Å²) in [5.41, 5.74) is 1.62. The third-order valence-corrected chi connectivity index (χ3v) is 6.94. The summed E-state index contributed by atoms with van der Waals surface area (Å²) < 4.78 is 18.9. The topological polar surface area (TPSA) is 56.3 Å². The van der Waals surface area contributed by atoms with Crippen LogP contribution < -0.4 is 4.90 Å². The van der Waals surface area contributed by atoms with Crippen LogP contribution in [0.25, 0.3) is 0 Å². The number of piperidine rings is 1. The van der Waals surface area contributed by atoms with E-state index in [9.17, 15) is 14.0 Å². The number of amides is 3. The molecule has 0 aromatic heterocycles. The molecule has 164 valence electrons. The number of benzene rings is 1. The Kier molecular flexibility index (Phi) is 5.61. The van der Waals surface area contributed by atoms with Crippen molar-refractivity contribution in [1.82, 2.24) is 14.7 Å². The predicted molar refractivity (Wildman–Crippen MR) is 112 cm³/mol. The van der Waals surface area contributed by atoms with E-state index in [0.29, 0.717) is 12.5 Å². The van der Waals surface area contributed by atoms with Crippen LogP contribution in [-0.4, -0.2) is 87.3 Å². The van der Waals surface area contributed by atoms with E-state index in [-0.39, 0.29) is 23.4 Å². The average molecular weight is 419 g/mol. The van der Waals surface area contributed by atoms with Gasteiger partial charge in [-0.25, -0.2) is 14.0 Å². The Hall–Kier alpha value is -2.35. The van der Waals surface area contributed by atoms with E-state index < -0.39 is 0 Å². The van der Waals surface area contributed by atoms with Gasteiger partial charge in [0, 0.05) is 51.4 Å². The van der Waals surface area contributed by atoms with Gasteiger partial charge in [0.2, 0.25) is 0 Å². The maximum absolute atomic E-state index is 14.1. The molecule has 1 aromatic carbocycles. The summed E-state index contributed by atoms with van der Waals surface area (Å²) in [6.07, 6.45) is 2.54. The predicted octanol–water partition coefficient (Wildman–Crippen LogP) is 2.75. The van der Waals surface area contributed by atoms with E-state index in [1.807, 2.05) is 0 Å². The first-order valence-corrected chi connectivity index (χ1v) is 10.7. The molecule has 2 fully saturated rings. The number of anilines is 1. The zero-order valence-electron chi connectivity index (χ0n) is 18.1. The Balaban J connectivity index is 1.43. The van der Waals surface area contributed by atoms with Crippen LogP contribution in [0.15, 0.2) is 18.2 Å². The largest absolute Gasteiger partial charge is 0.453 e. The number of carbonyl (C=O) groups excluding carboxylic acids is 2. The number of likely N-dealkylation sites (tertiary alicyclic amines) is 2. The summed E-state index contributed by atoms with van der Waals surface area (Å²) in [5, 5.41) is 0. The zero-order valence-corrected chi connectivity index (χ0v) is 18.1. The minimum atomic E-state index is -0.247. The molecule has 0 saturated carbocycles. The van der Waals surface area contributed by atoms with Crippen LogP contribution >= 0.6 is 0 Å². The van der Waals surface area contributed by atoms with Crippen LogP contribution in [0.5, 0.6) is 0 Å². The van der Waals surface area contributed by atoms with Gasteiger partial charge < -0.3 is 19.4 Å². The van der Waals surface area contributed by atoms with Gasteiger partial charge in [-0.15, -0.1) is 0 Å². The number of rotatable bonds is 2. The van der Waals surface area contributed by atoms with Crippen LogP contribution in [0.3, 0.4) is 0 Å². The molecule has 0 aliphatic carbocycles. The molecule has 0 radical (unpaired) electrons. The van der Waals surface area contributed by atoms with Crippen molar-refractivity contribution in [3.8, 4) is 0 Å². The van der Waals surface area contributed by atoms with Crippen LogP contribution in [0.1, 0.15) is 24.8 Å². The van der Waals surface area contributed by atoms with Gasteiger partial charge in [0.1, 0.15) is 5.82 Å². The summed E-state index contributed by atoms with van der Waals surface area (Å²) >= 11 is 0. The molecule has 3 aliphatic heterocycles. The molecule has 0 bridgehead atoms. The van der Waals surface area contributed by atoms with E-state index in [4.69, 9.17) is 4.74 Å². The van der Waals surface area contributed by atoms with Gasteiger partial charge in [-0.05, 0) is 62.0 Å². The number of halogens is 1. The lowest BCUT2D eigenvalue weighted by Gasteiger charge is -2.40. The fourth-order valence-corrected chi connectivity index (χ4v) is 5.29. The molecule has 30 heavy (non-hydrogen) atoms. The van der Waals surface area contributed by atoms with Crippen LogP contribution in [0.4, 0.5) is 19.7 Å². The Morgan fingerprint density at radius 2 is 1.97 bits per heavy atom. The Labute approximate surface area is 177 Å². The molecule has 7 nitrogen and oxygen atoms in total. The van der Waals surface area contributed by atoms with Crippen molar-refractivity contribution in [3.63, 3.8) is 0 Å². The Morgan fingerprint density at radius 1 is 1.23 bits per heavy atom. The Morgan fingerprint density at radius 3 is 2.63 bits per heavy atom. The SMILES string of the molecule is COC(=O)N1CC[C@@H](CN2CCC3(CC2)CN(C(=O)N(C)C)c2ccc(F)cc23)C1. The summed E-state index contributed by atoms with van der Waals surface area (Å²) in [5.74, 6) is 0.210.